The molecule has 0 unspecified atom stereocenters. The Hall–Kier alpha value is -1.98. The molecule has 0 saturated heterocycles. The standard InChI is InChI=1S/C16H17NO3S/c1-19-16(18)10-14(17-20-2)11-21-15-8-7-12-5-3-4-6-13(12)9-15/h3-9,11,17H,10H2,1-2H3. The van der Waals surface area contributed by atoms with Crippen LogP contribution >= 0.6 is 11.8 Å². The van der Waals surface area contributed by atoms with Gasteiger partial charge in [0, 0.05) is 4.90 Å². The molecule has 0 spiro atoms. The van der Waals surface area contributed by atoms with Crippen LogP contribution in [0.4, 0.5) is 0 Å². The Balaban J connectivity index is 2.12. The van der Waals surface area contributed by atoms with Crippen molar-refractivity contribution in [3.8, 4) is 0 Å². The Kier molecular flexibility index (Phi) is 5.66. The zero-order chi connectivity index (χ0) is 15.1. The smallest absolute Gasteiger partial charge is 0.311 e. The third-order valence-corrected chi connectivity index (χ3v) is 3.78. The van der Waals surface area contributed by atoms with Gasteiger partial charge in [-0.1, -0.05) is 42.1 Å². The first-order valence-corrected chi connectivity index (χ1v) is 7.31. The number of benzene rings is 2. The molecular formula is C16H17NO3S. The maximum atomic E-state index is 11.3. The highest BCUT2D eigenvalue weighted by molar-refractivity contribution is 8.02. The van der Waals surface area contributed by atoms with Gasteiger partial charge in [-0.3, -0.25) is 15.1 Å². The van der Waals surface area contributed by atoms with Gasteiger partial charge in [0.1, 0.15) is 0 Å². The molecule has 110 valence electrons. The number of hydrogen-bond donors (Lipinski definition) is 1. The van der Waals surface area contributed by atoms with Crippen molar-refractivity contribution in [2.75, 3.05) is 14.2 Å². The molecule has 1 N–H and O–H groups in total. The van der Waals surface area contributed by atoms with Crippen LogP contribution in [0.1, 0.15) is 6.42 Å². The largest absolute Gasteiger partial charge is 0.469 e. The summed E-state index contributed by atoms with van der Waals surface area (Å²) in [6.45, 7) is 0. The number of esters is 1. The van der Waals surface area contributed by atoms with Crippen LogP contribution in [0.3, 0.4) is 0 Å². The van der Waals surface area contributed by atoms with E-state index in [-0.39, 0.29) is 12.4 Å². The molecule has 5 heteroatoms. The first-order chi connectivity index (χ1) is 10.2. The van der Waals surface area contributed by atoms with Gasteiger partial charge in [-0.15, -0.1) is 0 Å². The van der Waals surface area contributed by atoms with Crippen molar-refractivity contribution >= 4 is 28.5 Å². The number of carbonyl (C=O) groups is 1. The lowest BCUT2D eigenvalue weighted by Crippen LogP contribution is -2.15. The molecule has 0 fully saturated rings. The summed E-state index contributed by atoms with van der Waals surface area (Å²) in [6.07, 6.45) is 0.144. The molecule has 0 aromatic heterocycles. The van der Waals surface area contributed by atoms with Crippen LogP contribution in [0.25, 0.3) is 10.8 Å². The number of nitrogens with one attached hydrogen (secondary N) is 1. The monoisotopic (exact) mass is 303 g/mol. The van der Waals surface area contributed by atoms with Gasteiger partial charge in [0.2, 0.25) is 0 Å². The van der Waals surface area contributed by atoms with E-state index in [1.54, 1.807) is 0 Å². The van der Waals surface area contributed by atoms with E-state index in [0.717, 1.165) is 4.90 Å². The molecule has 0 bridgehead atoms. The SMILES string of the molecule is CONC(=CSc1ccc2ccccc2c1)CC(=O)OC. The van der Waals surface area contributed by atoms with Crippen LogP contribution in [0.2, 0.25) is 0 Å². The van der Waals surface area contributed by atoms with Gasteiger partial charge in [-0.05, 0) is 28.3 Å². The molecule has 4 nitrogen and oxygen atoms in total. The number of ether oxygens (including phenoxy) is 1. The molecule has 0 aliphatic heterocycles. The molecule has 2 aromatic carbocycles. The highest BCUT2D eigenvalue weighted by Crippen LogP contribution is 2.25. The van der Waals surface area contributed by atoms with E-state index < -0.39 is 0 Å². The van der Waals surface area contributed by atoms with Crippen molar-refractivity contribution in [3.63, 3.8) is 0 Å². The summed E-state index contributed by atoms with van der Waals surface area (Å²) >= 11 is 1.52. The Morgan fingerprint density at radius 1 is 1.19 bits per heavy atom. The normalized spacial score (nSPS) is 11.4. The quantitative estimate of drug-likeness (QED) is 0.503. The molecule has 21 heavy (non-hydrogen) atoms. The summed E-state index contributed by atoms with van der Waals surface area (Å²) in [5.41, 5.74) is 3.35. The highest BCUT2D eigenvalue weighted by Gasteiger charge is 2.06. The Bertz CT molecular complexity index is 655. The number of hydroxylamine groups is 1. The van der Waals surface area contributed by atoms with E-state index in [4.69, 9.17) is 4.84 Å². The lowest BCUT2D eigenvalue weighted by molar-refractivity contribution is -0.140. The van der Waals surface area contributed by atoms with E-state index >= 15 is 0 Å². The molecule has 0 atom stereocenters. The van der Waals surface area contributed by atoms with Crippen molar-refractivity contribution in [2.24, 2.45) is 0 Å². The van der Waals surface area contributed by atoms with Crippen LogP contribution in [-0.4, -0.2) is 20.2 Å². The van der Waals surface area contributed by atoms with E-state index in [0.29, 0.717) is 5.70 Å². The van der Waals surface area contributed by atoms with Gasteiger partial charge >= 0.3 is 5.97 Å². The molecule has 0 saturated carbocycles. The fourth-order valence-corrected chi connectivity index (χ4v) is 2.59. The number of hydrogen-bond acceptors (Lipinski definition) is 5. The van der Waals surface area contributed by atoms with Crippen molar-refractivity contribution in [1.29, 1.82) is 0 Å². The Labute approximate surface area is 128 Å². The number of methoxy groups -OCH3 is 1. The molecular weight excluding hydrogens is 286 g/mol. The minimum Gasteiger partial charge on any atom is -0.469 e. The predicted molar refractivity (Wildman–Crippen MR) is 84.7 cm³/mol. The Morgan fingerprint density at radius 3 is 2.67 bits per heavy atom. The van der Waals surface area contributed by atoms with Crippen molar-refractivity contribution in [3.05, 3.63) is 53.6 Å². The highest BCUT2D eigenvalue weighted by atomic mass is 32.2. The Morgan fingerprint density at radius 2 is 1.95 bits per heavy atom. The van der Waals surface area contributed by atoms with Gasteiger partial charge < -0.3 is 4.74 Å². The third-order valence-electron chi connectivity index (χ3n) is 2.85. The molecule has 0 heterocycles. The number of thioether (sulfide) groups is 1. The second kappa shape index (κ2) is 7.71. The first-order valence-electron chi connectivity index (χ1n) is 6.43. The van der Waals surface area contributed by atoms with Crippen LogP contribution in [0.5, 0.6) is 0 Å². The van der Waals surface area contributed by atoms with E-state index in [9.17, 15) is 4.79 Å². The molecule has 0 radical (unpaired) electrons. The molecule has 2 aromatic rings. The van der Waals surface area contributed by atoms with Crippen molar-refractivity contribution in [1.82, 2.24) is 5.48 Å². The summed E-state index contributed by atoms with van der Waals surface area (Å²) in [5, 5.41) is 4.24. The van der Waals surface area contributed by atoms with Crippen LogP contribution < -0.4 is 5.48 Å². The summed E-state index contributed by atoms with van der Waals surface area (Å²) in [5.74, 6) is -0.315. The fraction of sp³-hybridized carbons (Fsp3) is 0.188. The van der Waals surface area contributed by atoms with Crippen molar-refractivity contribution < 1.29 is 14.4 Å². The summed E-state index contributed by atoms with van der Waals surface area (Å²) in [7, 11) is 2.87. The average Bonchev–Trinajstić information content (AvgIpc) is 2.52. The molecule has 0 aliphatic rings. The van der Waals surface area contributed by atoms with Gasteiger partial charge in [-0.2, -0.15) is 0 Å². The summed E-state index contributed by atoms with van der Waals surface area (Å²) < 4.78 is 4.65. The van der Waals surface area contributed by atoms with Gasteiger partial charge in [-0.25, -0.2) is 0 Å². The number of carbonyl (C=O) groups excluding carboxylic acids is 1. The number of fused-ring (bicyclic) bond motifs is 1. The number of rotatable bonds is 6. The lowest BCUT2D eigenvalue weighted by Gasteiger charge is -2.07. The zero-order valence-corrected chi connectivity index (χ0v) is 12.8. The van der Waals surface area contributed by atoms with E-state index in [1.807, 2.05) is 23.6 Å². The van der Waals surface area contributed by atoms with Gasteiger partial charge in [0.05, 0.1) is 26.3 Å². The van der Waals surface area contributed by atoms with Crippen LogP contribution in [-0.2, 0) is 14.4 Å². The van der Waals surface area contributed by atoms with Crippen LogP contribution in [0, 0.1) is 0 Å². The predicted octanol–water partition coefficient (Wildman–Crippen LogP) is 3.49. The molecule has 0 amide bonds. The third kappa shape index (κ3) is 4.51. The van der Waals surface area contributed by atoms with Gasteiger partial charge in [0.15, 0.2) is 0 Å². The maximum absolute atomic E-state index is 11.3. The van der Waals surface area contributed by atoms with E-state index in [2.05, 4.69) is 34.5 Å². The second-order valence-electron chi connectivity index (χ2n) is 4.33. The average molecular weight is 303 g/mol. The zero-order valence-electron chi connectivity index (χ0n) is 12.0. The maximum Gasteiger partial charge on any atom is 0.311 e. The second-order valence-corrected chi connectivity index (χ2v) is 5.27. The van der Waals surface area contributed by atoms with E-state index in [1.165, 1.54) is 36.8 Å². The topological polar surface area (TPSA) is 47.6 Å². The molecule has 0 aliphatic carbocycles. The lowest BCUT2D eigenvalue weighted by atomic mass is 10.1. The molecule has 2 rings (SSSR count). The minimum atomic E-state index is -0.315. The summed E-state index contributed by atoms with van der Waals surface area (Å²) in [4.78, 5) is 17.3. The van der Waals surface area contributed by atoms with Crippen LogP contribution in [0.15, 0.2) is 58.5 Å². The first kappa shape index (κ1) is 15.4. The minimum absolute atomic E-state index is 0.144. The van der Waals surface area contributed by atoms with Gasteiger partial charge in [0.25, 0.3) is 0 Å². The fourth-order valence-electron chi connectivity index (χ4n) is 1.84. The van der Waals surface area contributed by atoms with Crippen molar-refractivity contribution in [2.45, 2.75) is 11.3 Å². The summed E-state index contributed by atoms with van der Waals surface area (Å²) in [6, 6.07) is 14.4.